The highest BCUT2D eigenvalue weighted by Gasteiger charge is 2.13. The lowest BCUT2D eigenvalue weighted by atomic mass is 10.1. The average Bonchev–Trinajstić information content (AvgIpc) is 2.57. The van der Waals surface area contributed by atoms with E-state index in [1.54, 1.807) is 0 Å². The first-order valence-electron chi connectivity index (χ1n) is 5.93. The Morgan fingerprint density at radius 3 is 2.31 bits per heavy atom. The molecule has 2 rings (SSSR count). The number of rotatable bonds is 2. The molecule has 0 saturated carbocycles. The normalized spacial score (nSPS) is 16.9. The minimum absolute atomic E-state index is 0.500. The van der Waals surface area contributed by atoms with Gasteiger partial charge in [0.2, 0.25) is 0 Å². The first-order valence-corrected chi connectivity index (χ1v) is 6.33. The van der Waals surface area contributed by atoms with Crippen LogP contribution in [0.2, 0.25) is 0 Å². The molecule has 0 amide bonds. The Morgan fingerprint density at radius 1 is 1.06 bits per heavy atom. The topological polar surface area (TPSA) is 29.3 Å². The molecule has 1 aliphatic heterocycles. The van der Waals surface area contributed by atoms with Crippen molar-refractivity contribution >= 4 is 22.9 Å². The van der Waals surface area contributed by atoms with Crippen LogP contribution in [0, 0.1) is 0 Å². The summed E-state index contributed by atoms with van der Waals surface area (Å²) in [6.45, 7) is 2.25. The van der Waals surface area contributed by atoms with E-state index in [0.29, 0.717) is 4.99 Å². The van der Waals surface area contributed by atoms with Crippen LogP contribution in [0.1, 0.15) is 31.2 Å². The van der Waals surface area contributed by atoms with E-state index < -0.39 is 0 Å². The van der Waals surface area contributed by atoms with Crippen LogP contribution < -0.4 is 10.6 Å². The van der Waals surface area contributed by atoms with Gasteiger partial charge in [-0.15, -0.1) is 0 Å². The number of nitrogens with two attached hydrogens (primary N) is 1. The van der Waals surface area contributed by atoms with Crippen LogP contribution in [0.25, 0.3) is 0 Å². The Kier molecular flexibility index (Phi) is 3.78. The minimum Gasteiger partial charge on any atom is -0.389 e. The quantitative estimate of drug-likeness (QED) is 0.798. The molecule has 1 heterocycles. The van der Waals surface area contributed by atoms with Gasteiger partial charge in [-0.1, -0.05) is 37.2 Å². The van der Waals surface area contributed by atoms with E-state index in [1.807, 2.05) is 12.1 Å². The van der Waals surface area contributed by atoms with Gasteiger partial charge in [0.15, 0.2) is 0 Å². The maximum absolute atomic E-state index is 5.77. The molecule has 1 saturated heterocycles. The second-order valence-electron chi connectivity index (χ2n) is 4.28. The number of anilines is 1. The molecular weight excluding hydrogens is 216 g/mol. The average molecular weight is 234 g/mol. The number of hydrogen-bond acceptors (Lipinski definition) is 2. The zero-order valence-electron chi connectivity index (χ0n) is 9.48. The number of para-hydroxylation sites is 1. The van der Waals surface area contributed by atoms with Crippen LogP contribution in [0.15, 0.2) is 24.3 Å². The Morgan fingerprint density at radius 2 is 1.69 bits per heavy atom. The van der Waals surface area contributed by atoms with Crippen molar-refractivity contribution in [3.05, 3.63) is 29.8 Å². The number of benzene rings is 1. The predicted octanol–water partition coefficient (Wildman–Crippen LogP) is 2.70. The highest BCUT2D eigenvalue weighted by Crippen LogP contribution is 2.23. The third kappa shape index (κ3) is 2.53. The zero-order chi connectivity index (χ0) is 11.4. The van der Waals surface area contributed by atoms with Gasteiger partial charge in [0.05, 0.1) is 0 Å². The first kappa shape index (κ1) is 11.4. The molecule has 0 radical (unpaired) electrons. The van der Waals surface area contributed by atoms with Crippen LogP contribution in [-0.4, -0.2) is 18.1 Å². The second-order valence-corrected chi connectivity index (χ2v) is 4.72. The van der Waals surface area contributed by atoms with E-state index >= 15 is 0 Å². The fraction of sp³-hybridized carbons (Fsp3) is 0.462. The van der Waals surface area contributed by atoms with Gasteiger partial charge in [0, 0.05) is 24.3 Å². The first-order chi connectivity index (χ1) is 7.79. The molecule has 0 aromatic heterocycles. The summed E-state index contributed by atoms with van der Waals surface area (Å²) < 4.78 is 0. The van der Waals surface area contributed by atoms with E-state index in [-0.39, 0.29) is 0 Å². The van der Waals surface area contributed by atoms with Crippen molar-refractivity contribution in [1.29, 1.82) is 0 Å². The summed E-state index contributed by atoms with van der Waals surface area (Å²) in [4.78, 5) is 2.92. The summed E-state index contributed by atoms with van der Waals surface area (Å²) in [6, 6.07) is 8.19. The van der Waals surface area contributed by atoms with Crippen molar-refractivity contribution in [3.63, 3.8) is 0 Å². The number of nitrogens with zero attached hydrogens (tertiary/aromatic N) is 1. The molecule has 2 N–H and O–H groups in total. The van der Waals surface area contributed by atoms with Crippen LogP contribution >= 0.6 is 12.2 Å². The lowest BCUT2D eigenvalue weighted by Gasteiger charge is -2.25. The summed E-state index contributed by atoms with van der Waals surface area (Å²) >= 11 is 5.10. The Balaban J connectivity index is 2.27. The molecule has 16 heavy (non-hydrogen) atoms. The van der Waals surface area contributed by atoms with Crippen LogP contribution in [0.3, 0.4) is 0 Å². The van der Waals surface area contributed by atoms with E-state index in [1.165, 1.54) is 31.4 Å². The van der Waals surface area contributed by atoms with Gasteiger partial charge in [0.1, 0.15) is 4.99 Å². The molecule has 0 bridgehead atoms. The maximum Gasteiger partial charge on any atom is 0.106 e. The Labute approximate surface area is 102 Å². The molecule has 1 aromatic carbocycles. The fourth-order valence-corrected chi connectivity index (χ4v) is 2.44. The summed E-state index contributed by atoms with van der Waals surface area (Å²) in [5.41, 5.74) is 7.98. The molecule has 3 heteroatoms. The third-order valence-corrected chi connectivity index (χ3v) is 3.34. The van der Waals surface area contributed by atoms with Gasteiger partial charge in [-0.3, -0.25) is 0 Å². The molecule has 0 unspecified atom stereocenters. The summed E-state index contributed by atoms with van der Waals surface area (Å²) in [5.74, 6) is 0. The molecule has 86 valence electrons. The van der Waals surface area contributed by atoms with Crippen molar-refractivity contribution in [2.45, 2.75) is 25.7 Å². The number of hydrogen-bond donors (Lipinski definition) is 1. The molecule has 0 atom stereocenters. The predicted molar refractivity (Wildman–Crippen MR) is 73.0 cm³/mol. The van der Waals surface area contributed by atoms with Crippen molar-refractivity contribution in [1.82, 2.24) is 0 Å². The van der Waals surface area contributed by atoms with E-state index in [9.17, 15) is 0 Å². The monoisotopic (exact) mass is 234 g/mol. The Hall–Kier alpha value is -1.09. The smallest absolute Gasteiger partial charge is 0.106 e. The molecule has 0 spiro atoms. The van der Waals surface area contributed by atoms with E-state index in [4.69, 9.17) is 18.0 Å². The van der Waals surface area contributed by atoms with Crippen molar-refractivity contribution in [2.75, 3.05) is 18.0 Å². The van der Waals surface area contributed by atoms with Crippen molar-refractivity contribution < 1.29 is 0 Å². The van der Waals surface area contributed by atoms with Crippen molar-refractivity contribution in [3.8, 4) is 0 Å². The molecule has 2 nitrogen and oxygen atoms in total. The lowest BCUT2D eigenvalue weighted by Crippen LogP contribution is -2.26. The lowest BCUT2D eigenvalue weighted by molar-refractivity contribution is 0.726. The number of thiocarbonyl (C=S) groups is 1. The van der Waals surface area contributed by atoms with Crippen LogP contribution in [-0.2, 0) is 0 Å². The molecule has 0 aliphatic carbocycles. The van der Waals surface area contributed by atoms with Gasteiger partial charge >= 0.3 is 0 Å². The molecular formula is C13H18N2S. The third-order valence-electron chi connectivity index (χ3n) is 3.12. The van der Waals surface area contributed by atoms with Crippen LogP contribution in [0.4, 0.5) is 5.69 Å². The Bertz CT molecular complexity index is 368. The minimum atomic E-state index is 0.500. The van der Waals surface area contributed by atoms with Gasteiger partial charge < -0.3 is 10.6 Å². The van der Waals surface area contributed by atoms with E-state index in [0.717, 1.165) is 18.7 Å². The fourth-order valence-electron chi connectivity index (χ4n) is 2.27. The standard InChI is InChI=1S/C13H18N2S/c14-13(16)11-7-3-4-8-12(11)15-9-5-1-2-6-10-15/h3-4,7-8H,1-2,5-6,9-10H2,(H2,14,16). The summed E-state index contributed by atoms with van der Waals surface area (Å²) in [5, 5.41) is 0. The van der Waals surface area contributed by atoms with Crippen molar-refractivity contribution in [2.24, 2.45) is 5.73 Å². The van der Waals surface area contributed by atoms with Crippen LogP contribution in [0.5, 0.6) is 0 Å². The largest absolute Gasteiger partial charge is 0.389 e. The van der Waals surface area contributed by atoms with E-state index in [2.05, 4.69) is 17.0 Å². The maximum atomic E-state index is 5.77. The van der Waals surface area contributed by atoms with Gasteiger partial charge in [-0.05, 0) is 25.0 Å². The molecule has 1 aliphatic rings. The van der Waals surface area contributed by atoms with Gasteiger partial charge in [-0.2, -0.15) is 0 Å². The van der Waals surface area contributed by atoms with Gasteiger partial charge in [-0.25, -0.2) is 0 Å². The summed E-state index contributed by atoms with van der Waals surface area (Å²) in [7, 11) is 0. The highest BCUT2D eigenvalue weighted by atomic mass is 32.1. The molecule has 1 fully saturated rings. The highest BCUT2D eigenvalue weighted by molar-refractivity contribution is 7.80. The molecule has 1 aromatic rings. The zero-order valence-corrected chi connectivity index (χ0v) is 10.3. The van der Waals surface area contributed by atoms with Gasteiger partial charge in [0.25, 0.3) is 0 Å². The summed E-state index contributed by atoms with van der Waals surface area (Å²) in [6.07, 6.45) is 5.22. The SMILES string of the molecule is NC(=S)c1ccccc1N1CCCCCC1. The second kappa shape index (κ2) is 5.30.